The predicted molar refractivity (Wildman–Crippen MR) is 89.4 cm³/mol. The Hall–Kier alpha value is -2.24. The van der Waals surface area contributed by atoms with Crippen LogP contribution in [-0.2, 0) is 4.74 Å². The highest BCUT2D eigenvalue weighted by atomic mass is 16.6. The van der Waals surface area contributed by atoms with Crippen LogP contribution >= 0.6 is 0 Å². The normalized spacial score (nSPS) is 18.2. The van der Waals surface area contributed by atoms with Crippen LogP contribution in [0.2, 0.25) is 0 Å². The quantitative estimate of drug-likeness (QED) is 0.879. The van der Waals surface area contributed by atoms with Gasteiger partial charge in [0.05, 0.1) is 0 Å². The molecule has 6 nitrogen and oxygen atoms in total. The van der Waals surface area contributed by atoms with Crippen LogP contribution in [-0.4, -0.2) is 41.8 Å². The summed E-state index contributed by atoms with van der Waals surface area (Å²) in [7, 11) is 0. The fourth-order valence-corrected chi connectivity index (χ4v) is 2.48. The third-order valence-corrected chi connectivity index (χ3v) is 3.45. The topological polar surface area (TPSA) is 70.7 Å². The number of hydrogen-bond donors (Lipinski definition) is 2. The maximum absolute atomic E-state index is 12.3. The van der Waals surface area contributed by atoms with Crippen molar-refractivity contribution in [1.29, 1.82) is 0 Å². The summed E-state index contributed by atoms with van der Waals surface area (Å²) in [5, 5.41) is 5.71. The van der Waals surface area contributed by atoms with Crippen molar-refractivity contribution in [2.45, 2.75) is 45.3 Å². The largest absolute Gasteiger partial charge is 0.444 e. The molecular formula is C17H25N3O3. The highest BCUT2D eigenvalue weighted by molar-refractivity contribution is 5.89. The van der Waals surface area contributed by atoms with Crippen LogP contribution in [0.15, 0.2) is 30.3 Å². The van der Waals surface area contributed by atoms with E-state index < -0.39 is 11.7 Å². The number of rotatable bonds is 2. The number of alkyl carbamates (subject to hydrolysis) is 1. The highest BCUT2D eigenvalue weighted by Crippen LogP contribution is 2.14. The minimum absolute atomic E-state index is 0.0832. The van der Waals surface area contributed by atoms with Crippen LogP contribution in [0.3, 0.4) is 0 Å². The number of likely N-dealkylation sites (tertiary alicyclic amines) is 1. The van der Waals surface area contributed by atoms with Crippen molar-refractivity contribution in [2.24, 2.45) is 0 Å². The lowest BCUT2D eigenvalue weighted by atomic mass is 10.1. The number of amides is 3. The lowest BCUT2D eigenvalue weighted by Crippen LogP contribution is -2.51. The molecule has 23 heavy (non-hydrogen) atoms. The van der Waals surface area contributed by atoms with Gasteiger partial charge in [-0.25, -0.2) is 9.59 Å². The number of nitrogens with zero attached hydrogens (tertiary/aromatic N) is 1. The van der Waals surface area contributed by atoms with Crippen LogP contribution < -0.4 is 10.6 Å². The molecule has 3 amide bonds. The van der Waals surface area contributed by atoms with Gasteiger partial charge in [-0.1, -0.05) is 18.2 Å². The Morgan fingerprint density at radius 2 is 1.91 bits per heavy atom. The van der Waals surface area contributed by atoms with Crippen molar-refractivity contribution < 1.29 is 14.3 Å². The van der Waals surface area contributed by atoms with E-state index in [0.29, 0.717) is 13.1 Å². The molecule has 1 fully saturated rings. The molecule has 0 aromatic heterocycles. The van der Waals surface area contributed by atoms with E-state index in [1.165, 1.54) is 0 Å². The molecule has 0 unspecified atom stereocenters. The van der Waals surface area contributed by atoms with Gasteiger partial charge in [-0.15, -0.1) is 0 Å². The SMILES string of the molecule is CC(C)(C)OC(=O)N[C@H]1CCCN(C(=O)Nc2ccccc2)C1. The summed E-state index contributed by atoms with van der Waals surface area (Å²) in [4.78, 5) is 25.9. The number of piperidine rings is 1. The number of hydrogen-bond acceptors (Lipinski definition) is 3. The van der Waals surface area contributed by atoms with Crippen LogP contribution in [0.25, 0.3) is 0 Å². The zero-order chi connectivity index (χ0) is 16.9. The summed E-state index contributed by atoms with van der Waals surface area (Å²) >= 11 is 0. The monoisotopic (exact) mass is 319 g/mol. The molecule has 0 aliphatic carbocycles. The molecule has 126 valence electrons. The van der Waals surface area contributed by atoms with E-state index >= 15 is 0 Å². The smallest absolute Gasteiger partial charge is 0.407 e. The van der Waals surface area contributed by atoms with Crippen molar-refractivity contribution in [2.75, 3.05) is 18.4 Å². The van der Waals surface area contributed by atoms with E-state index in [1.807, 2.05) is 51.1 Å². The first kappa shape index (κ1) is 17.1. The van der Waals surface area contributed by atoms with Gasteiger partial charge in [-0.05, 0) is 45.7 Å². The van der Waals surface area contributed by atoms with E-state index in [4.69, 9.17) is 4.74 Å². The molecular weight excluding hydrogens is 294 g/mol. The number of anilines is 1. The highest BCUT2D eigenvalue weighted by Gasteiger charge is 2.26. The number of carbonyl (C=O) groups is 2. The van der Waals surface area contributed by atoms with E-state index in [2.05, 4.69) is 10.6 Å². The maximum Gasteiger partial charge on any atom is 0.407 e. The second-order valence-corrected chi connectivity index (χ2v) is 6.73. The molecule has 1 aromatic carbocycles. The van der Waals surface area contributed by atoms with E-state index in [0.717, 1.165) is 18.5 Å². The Kier molecular flexibility index (Phi) is 5.47. The molecule has 0 radical (unpaired) electrons. The minimum atomic E-state index is -0.525. The zero-order valence-corrected chi connectivity index (χ0v) is 14.0. The van der Waals surface area contributed by atoms with Crippen molar-refractivity contribution >= 4 is 17.8 Å². The van der Waals surface area contributed by atoms with Crippen LogP contribution in [0, 0.1) is 0 Å². The number of urea groups is 1. The van der Waals surface area contributed by atoms with Crippen molar-refractivity contribution in [3.63, 3.8) is 0 Å². The molecule has 1 aliphatic heterocycles. The van der Waals surface area contributed by atoms with Gasteiger partial charge in [0.2, 0.25) is 0 Å². The maximum atomic E-state index is 12.3. The number of benzene rings is 1. The predicted octanol–water partition coefficient (Wildman–Crippen LogP) is 3.21. The molecule has 1 aliphatic rings. The molecule has 2 rings (SSSR count). The Labute approximate surface area is 137 Å². The standard InChI is InChI=1S/C17H25N3O3/c1-17(2,3)23-16(22)19-14-10-7-11-20(12-14)15(21)18-13-8-5-4-6-9-13/h4-6,8-9,14H,7,10-12H2,1-3H3,(H,18,21)(H,19,22)/t14-/m0/s1. The summed E-state index contributed by atoms with van der Waals surface area (Å²) in [6.07, 6.45) is 1.25. The van der Waals surface area contributed by atoms with Gasteiger partial charge in [0.15, 0.2) is 0 Å². The summed E-state index contributed by atoms with van der Waals surface area (Å²) in [5.74, 6) is 0. The number of carbonyl (C=O) groups excluding carboxylic acids is 2. The fraction of sp³-hybridized carbons (Fsp3) is 0.529. The van der Waals surface area contributed by atoms with Crippen molar-refractivity contribution in [3.05, 3.63) is 30.3 Å². The molecule has 0 spiro atoms. The Morgan fingerprint density at radius 1 is 1.22 bits per heavy atom. The minimum Gasteiger partial charge on any atom is -0.444 e. The average molecular weight is 319 g/mol. The van der Waals surface area contributed by atoms with Gasteiger partial charge in [0.1, 0.15) is 5.60 Å². The number of nitrogens with one attached hydrogen (secondary N) is 2. The Balaban J connectivity index is 1.85. The summed E-state index contributed by atoms with van der Waals surface area (Å²) < 4.78 is 5.26. The summed E-state index contributed by atoms with van der Waals surface area (Å²) in [6, 6.07) is 9.11. The molecule has 1 atom stereocenters. The van der Waals surface area contributed by atoms with Crippen LogP contribution in [0.4, 0.5) is 15.3 Å². The van der Waals surface area contributed by atoms with Gasteiger partial charge in [0.25, 0.3) is 0 Å². The molecule has 0 saturated carbocycles. The van der Waals surface area contributed by atoms with Gasteiger partial charge in [0, 0.05) is 24.8 Å². The number of ether oxygens (including phenoxy) is 1. The second kappa shape index (κ2) is 7.35. The van der Waals surface area contributed by atoms with E-state index in [9.17, 15) is 9.59 Å². The number of para-hydroxylation sites is 1. The molecule has 1 aromatic rings. The Bertz CT molecular complexity index is 540. The van der Waals surface area contributed by atoms with Gasteiger partial charge >= 0.3 is 12.1 Å². The third kappa shape index (κ3) is 5.81. The zero-order valence-electron chi connectivity index (χ0n) is 14.0. The second-order valence-electron chi connectivity index (χ2n) is 6.73. The first-order chi connectivity index (χ1) is 10.8. The lowest BCUT2D eigenvalue weighted by molar-refractivity contribution is 0.0480. The first-order valence-electron chi connectivity index (χ1n) is 7.94. The summed E-state index contributed by atoms with van der Waals surface area (Å²) in [5.41, 5.74) is 0.239. The van der Waals surface area contributed by atoms with E-state index in [1.54, 1.807) is 4.90 Å². The average Bonchev–Trinajstić information content (AvgIpc) is 2.46. The Morgan fingerprint density at radius 3 is 2.57 bits per heavy atom. The van der Waals surface area contributed by atoms with E-state index in [-0.39, 0.29) is 12.1 Å². The van der Waals surface area contributed by atoms with Crippen LogP contribution in [0.5, 0.6) is 0 Å². The lowest BCUT2D eigenvalue weighted by Gasteiger charge is -2.33. The fourth-order valence-electron chi connectivity index (χ4n) is 2.48. The third-order valence-electron chi connectivity index (χ3n) is 3.45. The molecule has 1 saturated heterocycles. The van der Waals surface area contributed by atoms with Crippen molar-refractivity contribution in [1.82, 2.24) is 10.2 Å². The summed E-state index contributed by atoms with van der Waals surface area (Å²) in [6.45, 7) is 6.65. The van der Waals surface area contributed by atoms with Crippen molar-refractivity contribution in [3.8, 4) is 0 Å². The first-order valence-corrected chi connectivity index (χ1v) is 7.94. The molecule has 6 heteroatoms. The molecule has 1 heterocycles. The van der Waals surface area contributed by atoms with Gasteiger partial charge in [-0.2, -0.15) is 0 Å². The van der Waals surface area contributed by atoms with Crippen LogP contribution in [0.1, 0.15) is 33.6 Å². The molecule has 2 N–H and O–H groups in total. The van der Waals surface area contributed by atoms with Gasteiger partial charge in [-0.3, -0.25) is 0 Å². The van der Waals surface area contributed by atoms with Gasteiger partial charge < -0.3 is 20.3 Å². The molecule has 0 bridgehead atoms.